The molecule has 1 aliphatic heterocycles. The van der Waals surface area contributed by atoms with E-state index in [9.17, 15) is 9.59 Å². The second kappa shape index (κ2) is 5.04. The third-order valence-corrected chi connectivity index (χ3v) is 4.02. The van der Waals surface area contributed by atoms with Gasteiger partial charge in [-0.1, -0.05) is 13.8 Å². The summed E-state index contributed by atoms with van der Waals surface area (Å²) in [5.74, 6) is -1.40. The van der Waals surface area contributed by atoms with Crippen molar-refractivity contribution in [2.75, 3.05) is 6.54 Å². The molecule has 0 saturated carbocycles. The first-order valence-electron chi connectivity index (χ1n) is 6.20. The molecule has 1 rings (SSSR count). The van der Waals surface area contributed by atoms with Crippen LogP contribution in [0.1, 0.15) is 40.0 Å². The van der Waals surface area contributed by atoms with Gasteiger partial charge in [-0.2, -0.15) is 0 Å². The molecule has 0 radical (unpaired) electrons. The Labute approximate surface area is 102 Å². The highest BCUT2D eigenvalue weighted by molar-refractivity contribution is 5.87. The Balaban J connectivity index is 2.82. The van der Waals surface area contributed by atoms with Crippen molar-refractivity contribution in [3.05, 3.63) is 0 Å². The van der Waals surface area contributed by atoms with E-state index >= 15 is 0 Å². The molecule has 0 spiro atoms. The molecule has 2 unspecified atom stereocenters. The number of nitrogens with zero attached hydrogens (tertiary/aromatic N) is 1. The van der Waals surface area contributed by atoms with E-state index in [1.165, 1.54) is 0 Å². The van der Waals surface area contributed by atoms with Crippen LogP contribution in [0.25, 0.3) is 0 Å². The molecule has 5 nitrogen and oxygen atoms in total. The van der Waals surface area contributed by atoms with Crippen molar-refractivity contribution in [2.24, 2.45) is 11.7 Å². The van der Waals surface area contributed by atoms with Crippen LogP contribution in [-0.2, 0) is 9.59 Å². The summed E-state index contributed by atoms with van der Waals surface area (Å²) in [7, 11) is 0. The molecule has 98 valence electrons. The van der Waals surface area contributed by atoms with E-state index in [0.29, 0.717) is 25.8 Å². The summed E-state index contributed by atoms with van der Waals surface area (Å²) in [6, 6.07) is -0.263. The molecule has 1 aliphatic rings. The van der Waals surface area contributed by atoms with E-state index in [1.54, 1.807) is 11.8 Å². The number of nitrogens with two attached hydrogens (primary N) is 1. The number of hydrogen-bond acceptors (Lipinski definition) is 3. The molecule has 0 aromatic rings. The number of carbonyl (C=O) groups excluding carboxylic acids is 1. The second-order valence-electron chi connectivity index (χ2n) is 4.84. The van der Waals surface area contributed by atoms with Crippen LogP contribution in [-0.4, -0.2) is 40.0 Å². The highest BCUT2D eigenvalue weighted by Gasteiger charge is 2.43. The summed E-state index contributed by atoms with van der Waals surface area (Å²) in [5.41, 5.74) is 5.22. The van der Waals surface area contributed by atoms with Gasteiger partial charge in [0.05, 0.1) is 11.5 Å². The first-order chi connectivity index (χ1) is 7.87. The number of hydrogen-bond donors (Lipinski definition) is 2. The maximum atomic E-state index is 12.3. The minimum Gasteiger partial charge on any atom is -0.481 e. The topological polar surface area (TPSA) is 83.6 Å². The Kier molecular flexibility index (Phi) is 4.14. The molecule has 1 saturated heterocycles. The number of carboxylic acid groups (broad SMARTS) is 1. The minimum absolute atomic E-state index is 0.112. The monoisotopic (exact) mass is 242 g/mol. The van der Waals surface area contributed by atoms with Gasteiger partial charge in [-0.25, -0.2) is 0 Å². The highest BCUT2D eigenvalue weighted by Crippen LogP contribution is 2.28. The van der Waals surface area contributed by atoms with Gasteiger partial charge in [-0.15, -0.1) is 0 Å². The van der Waals surface area contributed by atoms with Gasteiger partial charge < -0.3 is 15.7 Å². The summed E-state index contributed by atoms with van der Waals surface area (Å²) in [4.78, 5) is 24.9. The van der Waals surface area contributed by atoms with Crippen LogP contribution in [0, 0.1) is 5.92 Å². The Morgan fingerprint density at radius 1 is 1.41 bits per heavy atom. The van der Waals surface area contributed by atoms with Crippen LogP contribution < -0.4 is 5.73 Å². The Morgan fingerprint density at radius 2 is 1.94 bits per heavy atom. The Hall–Kier alpha value is -1.10. The number of carbonyl (C=O) groups is 2. The average Bonchev–Trinajstić information content (AvgIpc) is 2.69. The predicted octanol–water partition coefficient (Wildman–Crippen LogP) is 0.825. The molecule has 1 amide bonds. The number of likely N-dealkylation sites (tertiary alicyclic amines) is 1. The number of amides is 1. The second-order valence-corrected chi connectivity index (χ2v) is 4.84. The first-order valence-corrected chi connectivity index (χ1v) is 6.20. The molecular formula is C12H22N2O3. The van der Waals surface area contributed by atoms with E-state index < -0.39 is 17.4 Å². The smallest absolute Gasteiger partial charge is 0.308 e. The molecule has 0 aliphatic carbocycles. The van der Waals surface area contributed by atoms with Crippen LogP contribution in [0.5, 0.6) is 0 Å². The minimum atomic E-state index is -0.846. The van der Waals surface area contributed by atoms with Gasteiger partial charge in [0.25, 0.3) is 0 Å². The van der Waals surface area contributed by atoms with Crippen LogP contribution in [0.2, 0.25) is 0 Å². The molecular weight excluding hydrogens is 220 g/mol. The zero-order chi connectivity index (χ0) is 13.2. The van der Waals surface area contributed by atoms with Gasteiger partial charge in [0.1, 0.15) is 0 Å². The average molecular weight is 242 g/mol. The van der Waals surface area contributed by atoms with Crippen molar-refractivity contribution in [1.29, 1.82) is 0 Å². The SMILES string of the molecule is CCC(N)(CC)C(=O)N1CCC(C(=O)O)C1C. The zero-order valence-electron chi connectivity index (χ0n) is 10.8. The normalized spacial score (nSPS) is 25.1. The Bertz CT molecular complexity index is 313. The van der Waals surface area contributed by atoms with Crippen molar-refractivity contribution in [3.8, 4) is 0 Å². The van der Waals surface area contributed by atoms with Gasteiger partial charge in [-0.3, -0.25) is 9.59 Å². The van der Waals surface area contributed by atoms with E-state index in [-0.39, 0.29) is 11.9 Å². The van der Waals surface area contributed by atoms with Crippen molar-refractivity contribution in [2.45, 2.75) is 51.6 Å². The van der Waals surface area contributed by atoms with Gasteiger partial charge in [0.2, 0.25) is 5.91 Å². The molecule has 0 bridgehead atoms. The third-order valence-electron chi connectivity index (χ3n) is 4.02. The third kappa shape index (κ3) is 2.44. The standard InChI is InChI=1S/C12H22N2O3/c1-4-12(13,5-2)11(17)14-7-6-9(8(14)3)10(15)16/h8-9H,4-7,13H2,1-3H3,(H,15,16). The molecule has 0 aromatic carbocycles. The van der Waals surface area contributed by atoms with E-state index in [1.807, 2.05) is 13.8 Å². The highest BCUT2D eigenvalue weighted by atomic mass is 16.4. The predicted molar refractivity (Wildman–Crippen MR) is 64.4 cm³/mol. The van der Waals surface area contributed by atoms with Crippen molar-refractivity contribution < 1.29 is 14.7 Å². The lowest BCUT2D eigenvalue weighted by Crippen LogP contribution is -2.56. The summed E-state index contributed by atoms with van der Waals surface area (Å²) in [6.07, 6.45) is 1.67. The molecule has 2 atom stereocenters. The molecule has 5 heteroatoms. The maximum Gasteiger partial charge on any atom is 0.308 e. The molecule has 1 heterocycles. The fourth-order valence-electron chi connectivity index (χ4n) is 2.39. The van der Waals surface area contributed by atoms with Gasteiger partial charge in [0, 0.05) is 12.6 Å². The van der Waals surface area contributed by atoms with Crippen molar-refractivity contribution in [3.63, 3.8) is 0 Å². The lowest BCUT2D eigenvalue weighted by atomic mass is 9.92. The summed E-state index contributed by atoms with van der Waals surface area (Å²) in [6.45, 7) is 6.05. The molecule has 0 aromatic heterocycles. The zero-order valence-corrected chi connectivity index (χ0v) is 10.8. The summed E-state index contributed by atoms with van der Waals surface area (Å²) >= 11 is 0. The fourth-order valence-corrected chi connectivity index (χ4v) is 2.39. The van der Waals surface area contributed by atoms with E-state index in [4.69, 9.17) is 10.8 Å². The van der Waals surface area contributed by atoms with Gasteiger partial charge in [-0.05, 0) is 26.2 Å². The lowest BCUT2D eigenvalue weighted by molar-refractivity contribution is -0.144. The van der Waals surface area contributed by atoms with Crippen molar-refractivity contribution in [1.82, 2.24) is 4.90 Å². The Morgan fingerprint density at radius 3 is 2.29 bits per heavy atom. The van der Waals surface area contributed by atoms with Crippen LogP contribution in [0.3, 0.4) is 0 Å². The fraction of sp³-hybridized carbons (Fsp3) is 0.833. The number of rotatable bonds is 4. The summed E-state index contributed by atoms with van der Waals surface area (Å²) < 4.78 is 0. The van der Waals surface area contributed by atoms with Crippen LogP contribution in [0.15, 0.2) is 0 Å². The van der Waals surface area contributed by atoms with Gasteiger partial charge in [0.15, 0.2) is 0 Å². The van der Waals surface area contributed by atoms with Crippen LogP contribution >= 0.6 is 0 Å². The molecule has 3 N–H and O–H groups in total. The molecule has 1 fully saturated rings. The number of carboxylic acids is 1. The van der Waals surface area contributed by atoms with E-state index in [2.05, 4.69) is 0 Å². The van der Waals surface area contributed by atoms with Gasteiger partial charge >= 0.3 is 5.97 Å². The lowest BCUT2D eigenvalue weighted by Gasteiger charge is -2.33. The summed E-state index contributed by atoms with van der Waals surface area (Å²) in [5, 5.41) is 9.03. The maximum absolute atomic E-state index is 12.3. The largest absolute Gasteiger partial charge is 0.481 e. The first kappa shape index (κ1) is 14.0. The van der Waals surface area contributed by atoms with E-state index in [0.717, 1.165) is 0 Å². The van der Waals surface area contributed by atoms with Crippen LogP contribution in [0.4, 0.5) is 0 Å². The molecule has 17 heavy (non-hydrogen) atoms. The van der Waals surface area contributed by atoms with Crippen molar-refractivity contribution >= 4 is 11.9 Å². The quantitative estimate of drug-likeness (QED) is 0.764. The number of aliphatic carboxylic acids is 1.